The maximum absolute atomic E-state index is 10.5. The van der Waals surface area contributed by atoms with Crippen LogP contribution in [0.15, 0.2) is 35.3 Å². The van der Waals surface area contributed by atoms with Gasteiger partial charge < -0.3 is 5.73 Å². The van der Waals surface area contributed by atoms with Gasteiger partial charge in [0.2, 0.25) is 0 Å². The maximum Gasteiger partial charge on any atom is 0.150 e. The Morgan fingerprint density at radius 1 is 1.58 bits per heavy atom. The van der Waals surface area contributed by atoms with Crippen molar-refractivity contribution >= 4 is 6.29 Å². The van der Waals surface area contributed by atoms with E-state index in [0.717, 1.165) is 11.9 Å². The number of carbonyl (C=O) groups is 1. The highest BCUT2D eigenvalue weighted by molar-refractivity contribution is 5.80. The highest BCUT2D eigenvalue weighted by Gasteiger charge is 2.12. The molecule has 1 aliphatic rings. The summed E-state index contributed by atoms with van der Waals surface area (Å²) in [5, 5.41) is 1.38. The van der Waals surface area contributed by atoms with Crippen LogP contribution >= 0.6 is 0 Å². The summed E-state index contributed by atoms with van der Waals surface area (Å²) in [5.74, 6) is 5.54. The molecule has 0 spiro atoms. The molecule has 0 amide bonds. The van der Waals surface area contributed by atoms with Crippen LogP contribution in [0, 0.1) is 0 Å². The molecular weight excluding hydrogens is 154 g/mol. The summed E-state index contributed by atoms with van der Waals surface area (Å²) in [4.78, 5) is 10.5. The Kier molecular flexibility index (Phi) is 2.30. The SMILES string of the molecule is CC1=C(C=O)C=CN(N)/C1=C\N. The molecule has 1 rings (SSSR count). The minimum Gasteiger partial charge on any atom is -0.403 e. The molecule has 0 aromatic carbocycles. The van der Waals surface area contributed by atoms with Crippen LogP contribution in [0.2, 0.25) is 0 Å². The highest BCUT2D eigenvalue weighted by atomic mass is 16.1. The minimum absolute atomic E-state index is 0.605. The van der Waals surface area contributed by atoms with E-state index in [0.29, 0.717) is 11.3 Å². The van der Waals surface area contributed by atoms with Crippen LogP contribution in [-0.4, -0.2) is 11.3 Å². The average Bonchev–Trinajstić information content (AvgIpc) is 2.06. The molecule has 0 saturated heterocycles. The normalized spacial score (nSPS) is 20.5. The first-order valence-corrected chi connectivity index (χ1v) is 3.51. The lowest BCUT2D eigenvalue weighted by atomic mass is 10.1. The van der Waals surface area contributed by atoms with Gasteiger partial charge in [-0.1, -0.05) is 0 Å². The standard InChI is InChI=1S/C8H11N3O/c1-6-7(5-12)2-3-11(10)8(6)4-9/h2-5H,9-10H2,1H3/b8-4-. The zero-order valence-electron chi connectivity index (χ0n) is 6.82. The van der Waals surface area contributed by atoms with Crippen molar-refractivity contribution in [2.75, 3.05) is 0 Å². The summed E-state index contributed by atoms with van der Waals surface area (Å²) in [5.41, 5.74) is 7.38. The second-order valence-electron chi connectivity index (χ2n) is 2.47. The van der Waals surface area contributed by atoms with Crippen molar-refractivity contribution in [3.8, 4) is 0 Å². The topological polar surface area (TPSA) is 72.3 Å². The second kappa shape index (κ2) is 3.23. The Balaban J connectivity index is 3.13. The Bertz CT molecular complexity index is 289. The molecule has 0 fully saturated rings. The molecule has 1 aliphatic heterocycles. The first-order chi connectivity index (χ1) is 5.70. The Hall–Kier alpha value is -1.55. The molecule has 4 N–H and O–H groups in total. The predicted octanol–water partition coefficient (Wildman–Crippen LogP) is 0.00490. The van der Waals surface area contributed by atoms with Gasteiger partial charge in [0.15, 0.2) is 0 Å². The molecule has 64 valence electrons. The van der Waals surface area contributed by atoms with E-state index in [1.54, 1.807) is 19.2 Å². The van der Waals surface area contributed by atoms with Crippen molar-refractivity contribution in [1.82, 2.24) is 5.01 Å². The quantitative estimate of drug-likeness (QED) is 0.424. The lowest BCUT2D eigenvalue weighted by Gasteiger charge is -2.22. The number of hydrogen-bond acceptors (Lipinski definition) is 4. The van der Waals surface area contributed by atoms with Crippen LogP contribution in [0.4, 0.5) is 0 Å². The van der Waals surface area contributed by atoms with Crippen LogP contribution in [0.5, 0.6) is 0 Å². The molecule has 0 unspecified atom stereocenters. The number of allylic oxidation sites excluding steroid dienone is 3. The molecule has 0 aromatic heterocycles. The van der Waals surface area contributed by atoms with E-state index in [2.05, 4.69) is 0 Å². The second-order valence-corrected chi connectivity index (χ2v) is 2.47. The van der Waals surface area contributed by atoms with Crippen LogP contribution in [0.1, 0.15) is 6.92 Å². The van der Waals surface area contributed by atoms with E-state index < -0.39 is 0 Å². The van der Waals surface area contributed by atoms with Crippen molar-refractivity contribution < 1.29 is 4.79 Å². The molecule has 1 heterocycles. The van der Waals surface area contributed by atoms with E-state index in [4.69, 9.17) is 11.6 Å². The summed E-state index contributed by atoms with van der Waals surface area (Å²) in [7, 11) is 0. The van der Waals surface area contributed by atoms with Gasteiger partial charge in [0.05, 0.1) is 5.70 Å². The zero-order valence-corrected chi connectivity index (χ0v) is 6.82. The molecule has 12 heavy (non-hydrogen) atoms. The number of aldehydes is 1. The number of nitrogens with two attached hydrogens (primary N) is 2. The Labute approximate surface area is 70.8 Å². The average molecular weight is 165 g/mol. The van der Waals surface area contributed by atoms with Gasteiger partial charge in [-0.25, -0.2) is 5.84 Å². The third-order valence-electron chi connectivity index (χ3n) is 1.79. The molecule has 0 bridgehead atoms. The van der Waals surface area contributed by atoms with E-state index in [1.165, 1.54) is 11.2 Å². The number of carbonyl (C=O) groups excluding carboxylic acids is 1. The van der Waals surface area contributed by atoms with Crippen molar-refractivity contribution in [1.29, 1.82) is 0 Å². The van der Waals surface area contributed by atoms with E-state index in [-0.39, 0.29) is 0 Å². The zero-order chi connectivity index (χ0) is 9.14. The van der Waals surface area contributed by atoms with Gasteiger partial charge in [0, 0.05) is 18.0 Å². The van der Waals surface area contributed by atoms with Gasteiger partial charge in [-0.15, -0.1) is 0 Å². The van der Waals surface area contributed by atoms with E-state index in [1.807, 2.05) is 0 Å². The summed E-state index contributed by atoms with van der Waals surface area (Å²) in [6.07, 6.45) is 5.40. The number of hydrogen-bond donors (Lipinski definition) is 2. The first-order valence-electron chi connectivity index (χ1n) is 3.51. The van der Waals surface area contributed by atoms with Crippen LogP contribution in [0.3, 0.4) is 0 Å². The summed E-state index contributed by atoms with van der Waals surface area (Å²) in [6.45, 7) is 1.80. The number of nitrogens with zero attached hydrogens (tertiary/aromatic N) is 1. The molecule has 0 aromatic rings. The largest absolute Gasteiger partial charge is 0.403 e. The number of rotatable bonds is 1. The van der Waals surface area contributed by atoms with Gasteiger partial charge in [0.1, 0.15) is 6.29 Å². The molecule has 4 nitrogen and oxygen atoms in total. The van der Waals surface area contributed by atoms with Gasteiger partial charge >= 0.3 is 0 Å². The van der Waals surface area contributed by atoms with Crippen molar-refractivity contribution in [3.63, 3.8) is 0 Å². The lowest BCUT2D eigenvalue weighted by molar-refractivity contribution is -0.104. The fourth-order valence-corrected chi connectivity index (χ4v) is 1.05. The van der Waals surface area contributed by atoms with Gasteiger partial charge in [-0.3, -0.25) is 9.80 Å². The molecule has 4 heteroatoms. The highest BCUT2D eigenvalue weighted by Crippen LogP contribution is 2.19. The van der Waals surface area contributed by atoms with Crippen LogP contribution in [0.25, 0.3) is 0 Å². The Morgan fingerprint density at radius 3 is 2.75 bits per heavy atom. The fraction of sp³-hybridized carbons (Fsp3) is 0.125. The van der Waals surface area contributed by atoms with Crippen molar-refractivity contribution in [2.24, 2.45) is 11.6 Å². The van der Waals surface area contributed by atoms with Crippen LogP contribution in [-0.2, 0) is 4.79 Å². The smallest absolute Gasteiger partial charge is 0.150 e. The molecule has 0 aliphatic carbocycles. The Morgan fingerprint density at radius 2 is 2.25 bits per heavy atom. The fourth-order valence-electron chi connectivity index (χ4n) is 1.05. The molecule has 0 saturated carbocycles. The third-order valence-corrected chi connectivity index (χ3v) is 1.79. The van der Waals surface area contributed by atoms with E-state index >= 15 is 0 Å². The van der Waals surface area contributed by atoms with Gasteiger partial charge in [-0.2, -0.15) is 0 Å². The summed E-state index contributed by atoms with van der Waals surface area (Å²) < 4.78 is 0. The third kappa shape index (κ3) is 1.24. The molecule has 0 atom stereocenters. The first kappa shape index (κ1) is 8.55. The monoisotopic (exact) mass is 165 g/mol. The summed E-state index contributed by atoms with van der Waals surface area (Å²) >= 11 is 0. The molecular formula is C8H11N3O. The van der Waals surface area contributed by atoms with Gasteiger partial charge in [0.25, 0.3) is 0 Å². The minimum atomic E-state index is 0.605. The predicted molar refractivity (Wildman–Crippen MR) is 46.2 cm³/mol. The van der Waals surface area contributed by atoms with Crippen LogP contribution < -0.4 is 11.6 Å². The molecule has 0 radical (unpaired) electrons. The van der Waals surface area contributed by atoms with Crippen molar-refractivity contribution in [2.45, 2.75) is 6.92 Å². The number of hydrazine groups is 1. The van der Waals surface area contributed by atoms with Crippen molar-refractivity contribution in [3.05, 3.63) is 35.3 Å². The lowest BCUT2D eigenvalue weighted by Crippen LogP contribution is -2.28. The van der Waals surface area contributed by atoms with E-state index in [9.17, 15) is 4.79 Å². The maximum atomic E-state index is 10.5. The summed E-state index contributed by atoms with van der Waals surface area (Å²) in [6, 6.07) is 0. The van der Waals surface area contributed by atoms with Gasteiger partial charge in [-0.05, 0) is 18.6 Å².